The molecule has 1 amide bonds. The highest BCUT2D eigenvalue weighted by molar-refractivity contribution is 5.94. The van der Waals surface area contributed by atoms with E-state index < -0.39 is 0 Å². The van der Waals surface area contributed by atoms with Crippen molar-refractivity contribution in [3.63, 3.8) is 0 Å². The first-order chi connectivity index (χ1) is 15.1. The first kappa shape index (κ1) is 20.7. The van der Waals surface area contributed by atoms with Gasteiger partial charge in [0.05, 0.1) is 24.3 Å². The second-order valence-corrected chi connectivity index (χ2v) is 9.94. The van der Waals surface area contributed by atoms with Gasteiger partial charge in [0.2, 0.25) is 0 Å². The smallest absolute Gasteiger partial charge is 0.254 e. The quantitative estimate of drug-likeness (QED) is 0.714. The average Bonchev–Trinajstić information content (AvgIpc) is 3.55. The summed E-state index contributed by atoms with van der Waals surface area (Å²) in [5.41, 5.74) is 1.97. The van der Waals surface area contributed by atoms with E-state index in [1.54, 1.807) is 0 Å². The molecule has 31 heavy (non-hydrogen) atoms. The van der Waals surface area contributed by atoms with Crippen LogP contribution in [0.1, 0.15) is 54.4 Å². The number of ether oxygens (including phenoxy) is 1. The monoisotopic (exact) mass is 418 g/mol. The van der Waals surface area contributed by atoms with Crippen molar-refractivity contribution in [2.75, 3.05) is 26.7 Å². The van der Waals surface area contributed by atoms with E-state index in [2.05, 4.69) is 47.2 Å². The maximum atomic E-state index is 13.2. The van der Waals surface area contributed by atoms with Crippen molar-refractivity contribution in [1.82, 2.24) is 9.80 Å². The standard InChI is InChI=1S/C27H34N2O2/c1-28(19-14-22-8-4-2-5-9-22)24-12-15-26(16-13-24)20-29(21-27(31-26)17-18-27)25(30)23-10-6-3-7-11-23/h2-11,24H,12-21H2,1H3/t24-,26+. The Morgan fingerprint density at radius 3 is 2.13 bits per heavy atom. The molecule has 0 N–H and O–H groups in total. The highest BCUT2D eigenvalue weighted by Crippen LogP contribution is 2.50. The Morgan fingerprint density at radius 2 is 1.52 bits per heavy atom. The maximum absolute atomic E-state index is 13.2. The summed E-state index contributed by atoms with van der Waals surface area (Å²) in [7, 11) is 2.26. The van der Waals surface area contributed by atoms with Crippen molar-refractivity contribution in [3.05, 3.63) is 71.8 Å². The van der Waals surface area contributed by atoms with Gasteiger partial charge in [-0.05, 0) is 69.7 Å². The predicted molar refractivity (Wildman–Crippen MR) is 123 cm³/mol. The van der Waals surface area contributed by atoms with Crippen molar-refractivity contribution in [3.8, 4) is 0 Å². The molecule has 1 heterocycles. The van der Waals surface area contributed by atoms with E-state index in [0.717, 1.165) is 70.1 Å². The molecule has 0 radical (unpaired) electrons. The first-order valence-electron chi connectivity index (χ1n) is 11.9. The molecular weight excluding hydrogens is 384 g/mol. The number of hydrogen-bond donors (Lipinski definition) is 0. The number of carbonyl (C=O) groups is 1. The fraction of sp³-hybridized carbons (Fsp3) is 0.519. The summed E-state index contributed by atoms with van der Waals surface area (Å²) < 4.78 is 6.77. The van der Waals surface area contributed by atoms with Gasteiger partial charge in [0.15, 0.2) is 0 Å². The van der Waals surface area contributed by atoms with Crippen LogP contribution in [0.5, 0.6) is 0 Å². The van der Waals surface area contributed by atoms with Crippen molar-refractivity contribution >= 4 is 5.91 Å². The summed E-state index contributed by atoms with van der Waals surface area (Å²) >= 11 is 0. The number of amides is 1. The zero-order valence-corrected chi connectivity index (χ0v) is 18.6. The van der Waals surface area contributed by atoms with Crippen molar-refractivity contribution < 1.29 is 9.53 Å². The number of hydrogen-bond acceptors (Lipinski definition) is 3. The summed E-state index contributed by atoms with van der Waals surface area (Å²) in [6.07, 6.45) is 7.67. The molecule has 2 aliphatic carbocycles. The van der Waals surface area contributed by atoms with E-state index in [1.165, 1.54) is 5.56 Å². The molecule has 2 saturated carbocycles. The third-order valence-electron chi connectivity index (χ3n) is 7.59. The third-order valence-corrected chi connectivity index (χ3v) is 7.59. The van der Waals surface area contributed by atoms with Crippen LogP contribution in [0.25, 0.3) is 0 Å². The number of rotatable bonds is 5. The molecule has 3 fully saturated rings. The van der Waals surface area contributed by atoms with Gasteiger partial charge in [-0.2, -0.15) is 0 Å². The van der Waals surface area contributed by atoms with Gasteiger partial charge in [0.1, 0.15) is 0 Å². The van der Waals surface area contributed by atoms with Gasteiger partial charge in [-0.25, -0.2) is 0 Å². The Bertz CT molecular complexity index is 886. The second kappa shape index (κ2) is 8.40. The Kier molecular flexibility index (Phi) is 5.61. The normalized spacial score (nSPS) is 27.0. The minimum atomic E-state index is -0.157. The molecular formula is C27H34N2O2. The summed E-state index contributed by atoms with van der Waals surface area (Å²) in [5.74, 6) is 0.164. The van der Waals surface area contributed by atoms with E-state index in [9.17, 15) is 4.79 Å². The Morgan fingerprint density at radius 1 is 0.935 bits per heavy atom. The van der Waals surface area contributed by atoms with Crippen molar-refractivity contribution in [1.29, 1.82) is 0 Å². The molecule has 2 aromatic carbocycles. The summed E-state index contributed by atoms with van der Waals surface area (Å²) in [6.45, 7) is 2.58. The second-order valence-electron chi connectivity index (χ2n) is 9.94. The molecule has 0 atom stereocenters. The zero-order chi connectivity index (χ0) is 21.3. The van der Waals surface area contributed by atoms with Crippen molar-refractivity contribution in [2.45, 2.75) is 62.2 Å². The van der Waals surface area contributed by atoms with Gasteiger partial charge in [0.25, 0.3) is 5.91 Å². The van der Waals surface area contributed by atoms with Crippen LogP contribution in [0, 0.1) is 0 Å². The van der Waals surface area contributed by atoms with Crippen LogP contribution in [0.2, 0.25) is 0 Å². The van der Waals surface area contributed by atoms with Gasteiger partial charge < -0.3 is 14.5 Å². The van der Waals surface area contributed by atoms with E-state index >= 15 is 0 Å². The number of morpholine rings is 1. The number of likely N-dealkylation sites (N-methyl/N-ethyl adjacent to an activating group) is 1. The van der Waals surface area contributed by atoms with E-state index in [4.69, 9.17) is 4.74 Å². The summed E-state index contributed by atoms with van der Waals surface area (Å²) in [4.78, 5) is 17.8. The number of benzene rings is 2. The third kappa shape index (κ3) is 4.56. The van der Waals surface area contributed by atoms with Crippen LogP contribution in [0.3, 0.4) is 0 Å². The van der Waals surface area contributed by atoms with Crippen LogP contribution in [0.15, 0.2) is 60.7 Å². The lowest BCUT2D eigenvalue weighted by atomic mass is 9.79. The largest absolute Gasteiger partial charge is 0.365 e. The molecule has 3 aliphatic rings. The van der Waals surface area contributed by atoms with Crippen LogP contribution >= 0.6 is 0 Å². The molecule has 2 spiro atoms. The van der Waals surface area contributed by atoms with Crippen LogP contribution in [0.4, 0.5) is 0 Å². The molecule has 1 saturated heterocycles. The Balaban J connectivity index is 1.21. The maximum Gasteiger partial charge on any atom is 0.254 e. The van der Waals surface area contributed by atoms with E-state index in [0.29, 0.717) is 6.04 Å². The van der Waals surface area contributed by atoms with Gasteiger partial charge in [-0.1, -0.05) is 48.5 Å². The van der Waals surface area contributed by atoms with Gasteiger partial charge >= 0.3 is 0 Å². The first-order valence-corrected chi connectivity index (χ1v) is 11.9. The minimum absolute atomic E-state index is 0.0747. The van der Waals surface area contributed by atoms with E-state index in [-0.39, 0.29) is 17.1 Å². The van der Waals surface area contributed by atoms with E-state index in [1.807, 2.05) is 30.3 Å². The molecule has 0 unspecified atom stereocenters. The Hall–Kier alpha value is -2.17. The number of carbonyl (C=O) groups excluding carboxylic acids is 1. The van der Waals surface area contributed by atoms with Gasteiger partial charge in [0, 0.05) is 18.2 Å². The van der Waals surface area contributed by atoms with Crippen LogP contribution < -0.4 is 0 Å². The predicted octanol–water partition coefficient (Wildman–Crippen LogP) is 4.55. The lowest BCUT2D eigenvalue weighted by molar-refractivity contribution is -0.178. The summed E-state index contributed by atoms with van der Waals surface area (Å²) in [5, 5.41) is 0. The average molecular weight is 419 g/mol. The lowest BCUT2D eigenvalue weighted by Crippen LogP contribution is -2.60. The fourth-order valence-electron chi connectivity index (χ4n) is 5.54. The molecule has 2 aromatic rings. The Labute approximate surface area is 186 Å². The van der Waals surface area contributed by atoms with Gasteiger partial charge in [-0.15, -0.1) is 0 Å². The number of nitrogens with zero attached hydrogens (tertiary/aromatic N) is 2. The SMILES string of the molecule is CN(CCc1ccccc1)[C@H]1CC[C@@]2(CC1)CN(C(=O)c1ccccc1)CC1(CC1)O2. The molecule has 1 aliphatic heterocycles. The topological polar surface area (TPSA) is 32.8 Å². The summed E-state index contributed by atoms with van der Waals surface area (Å²) in [6, 6.07) is 21.1. The van der Waals surface area contributed by atoms with Crippen LogP contribution in [-0.4, -0.2) is 59.6 Å². The fourth-order valence-corrected chi connectivity index (χ4v) is 5.54. The molecule has 164 valence electrons. The highest BCUT2D eigenvalue weighted by Gasteiger charge is 2.56. The molecule has 0 aromatic heterocycles. The molecule has 0 bridgehead atoms. The van der Waals surface area contributed by atoms with Crippen molar-refractivity contribution in [2.24, 2.45) is 0 Å². The van der Waals surface area contributed by atoms with Crippen LogP contribution in [-0.2, 0) is 11.2 Å². The zero-order valence-electron chi connectivity index (χ0n) is 18.6. The molecule has 5 rings (SSSR count). The molecule has 4 nitrogen and oxygen atoms in total. The highest BCUT2D eigenvalue weighted by atomic mass is 16.5. The minimum Gasteiger partial charge on any atom is -0.365 e. The lowest BCUT2D eigenvalue weighted by Gasteiger charge is -2.51. The van der Waals surface area contributed by atoms with Gasteiger partial charge in [-0.3, -0.25) is 4.79 Å². The molecule has 4 heteroatoms.